The molecule has 0 aromatic heterocycles. The number of amides is 12. The molecule has 1 spiro atoms. The minimum Gasteiger partial charge on any atom is -0.343 e. The summed E-state index contributed by atoms with van der Waals surface area (Å²) >= 11 is 6.16. The van der Waals surface area contributed by atoms with Gasteiger partial charge in [0.05, 0.1) is 36.6 Å². The van der Waals surface area contributed by atoms with Crippen LogP contribution in [0.25, 0.3) is 0 Å². The number of benzene rings is 2. The summed E-state index contributed by atoms with van der Waals surface area (Å²) in [4.78, 5) is 190. The van der Waals surface area contributed by atoms with Crippen LogP contribution in [0.2, 0.25) is 5.02 Å². The van der Waals surface area contributed by atoms with Crippen LogP contribution in [-0.4, -0.2) is 251 Å². The number of alkyl halides is 3. The summed E-state index contributed by atoms with van der Waals surface area (Å²) in [6.07, 6.45) is 1.45. The minimum absolute atomic E-state index is 0.0236. The molecule has 8 atom stereocenters. The minimum atomic E-state index is -4.77. The van der Waals surface area contributed by atoms with Gasteiger partial charge in [0, 0.05) is 75.4 Å². The number of carbonyl (C=O) groups is 12. The van der Waals surface area contributed by atoms with E-state index >= 15 is 24.0 Å². The average Bonchev–Trinajstić information content (AvgIpc) is 1.76. The lowest BCUT2D eigenvalue weighted by Crippen LogP contribution is -2.65. The highest BCUT2D eigenvalue weighted by molar-refractivity contribution is 6.31. The van der Waals surface area contributed by atoms with Crippen LogP contribution in [0.5, 0.6) is 0 Å². The normalized spacial score (nSPS) is 25.5. The van der Waals surface area contributed by atoms with E-state index in [4.69, 9.17) is 11.6 Å². The van der Waals surface area contributed by atoms with Crippen LogP contribution < -0.4 is 16.0 Å². The van der Waals surface area contributed by atoms with Gasteiger partial charge in [-0.15, -0.1) is 0 Å². The maximum Gasteiger partial charge on any atom is 0.417 e. The van der Waals surface area contributed by atoms with E-state index in [0.717, 1.165) is 56.6 Å². The van der Waals surface area contributed by atoms with Crippen LogP contribution in [0.1, 0.15) is 159 Å². The van der Waals surface area contributed by atoms with Crippen molar-refractivity contribution in [2.45, 2.75) is 211 Å². The van der Waals surface area contributed by atoms with Crippen molar-refractivity contribution in [1.29, 1.82) is 0 Å². The zero-order valence-corrected chi connectivity index (χ0v) is 61.7. The number of likely N-dealkylation sites (N-methyl/N-ethyl adjacent to an activating group) is 7. The second-order valence-electron chi connectivity index (χ2n) is 29.3. The van der Waals surface area contributed by atoms with Crippen molar-refractivity contribution in [3.63, 3.8) is 0 Å². The van der Waals surface area contributed by atoms with Crippen molar-refractivity contribution in [2.75, 3.05) is 88.6 Å². The van der Waals surface area contributed by atoms with Crippen LogP contribution in [0, 0.1) is 24.7 Å². The van der Waals surface area contributed by atoms with E-state index in [0.29, 0.717) is 70.0 Å². The number of fused-ring (bicyclic) bond motifs is 1. The third-order valence-corrected chi connectivity index (χ3v) is 21.7. The molecule has 1 unspecified atom stereocenters. The second kappa shape index (κ2) is 35.4. The second-order valence-corrected chi connectivity index (χ2v) is 29.7. The summed E-state index contributed by atoms with van der Waals surface area (Å²) < 4.78 is 41.6. The van der Waals surface area contributed by atoms with Gasteiger partial charge < -0.3 is 60.0 Å². The number of carbonyl (C=O) groups excluding carboxylic acids is 12. The Balaban J connectivity index is 1.29. The summed E-state index contributed by atoms with van der Waals surface area (Å²) in [6.45, 7) is 8.14. The number of nitrogens with zero attached hydrogens (tertiary/aromatic N) is 9. The molecular formula is C73H106ClF3N12O12. The van der Waals surface area contributed by atoms with E-state index in [1.165, 1.54) is 75.0 Å². The molecule has 7 rings (SSSR count). The lowest BCUT2D eigenvalue weighted by atomic mass is 9.81. The van der Waals surface area contributed by atoms with Gasteiger partial charge in [0.15, 0.2) is 0 Å². The molecular weight excluding hydrogens is 1330 g/mol. The van der Waals surface area contributed by atoms with E-state index in [-0.39, 0.29) is 63.0 Å². The summed E-state index contributed by atoms with van der Waals surface area (Å²) in [6, 6.07) is 1.41. The van der Waals surface area contributed by atoms with Crippen molar-refractivity contribution in [3.05, 3.63) is 69.7 Å². The first-order valence-corrected chi connectivity index (χ1v) is 36.2. The summed E-state index contributed by atoms with van der Waals surface area (Å²) in [5.41, 5.74) is -0.819. The van der Waals surface area contributed by atoms with E-state index in [2.05, 4.69) is 16.0 Å². The van der Waals surface area contributed by atoms with Gasteiger partial charge in [-0.05, 0) is 119 Å². The highest BCUT2D eigenvalue weighted by atomic mass is 35.5. The number of hydrogen-bond donors (Lipinski definition) is 3. The molecule has 0 bridgehead atoms. The van der Waals surface area contributed by atoms with Gasteiger partial charge in [0.25, 0.3) is 0 Å². The van der Waals surface area contributed by atoms with Crippen LogP contribution in [0.3, 0.4) is 0 Å². The van der Waals surface area contributed by atoms with Gasteiger partial charge in [-0.3, -0.25) is 57.5 Å². The smallest absolute Gasteiger partial charge is 0.343 e. The summed E-state index contributed by atoms with van der Waals surface area (Å²) in [5, 5.41) is 8.13. The lowest BCUT2D eigenvalue weighted by molar-refractivity contribution is -0.156. The van der Waals surface area contributed by atoms with Crippen molar-refractivity contribution in [2.24, 2.45) is 17.8 Å². The lowest BCUT2D eigenvalue weighted by Gasteiger charge is -2.43. The first-order valence-electron chi connectivity index (χ1n) is 35.8. The summed E-state index contributed by atoms with van der Waals surface area (Å²) in [5.74, 6) is -9.07. The Morgan fingerprint density at radius 2 is 1.23 bits per heavy atom. The Labute approximate surface area is 597 Å². The maximum absolute atomic E-state index is 15.8. The van der Waals surface area contributed by atoms with Crippen LogP contribution >= 0.6 is 11.6 Å². The molecule has 0 radical (unpaired) electrons. The molecule has 2 saturated carbocycles. The number of rotatable bonds is 11. The first kappa shape index (κ1) is 80.5. The quantitative estimate of drug-likeness (QED) is 0.248. The molecule has 2 aliphatic carbocycles. The fraction of sp³-hybridized carbons (Fsp3) is 0.671. The number of hydrogen-bond acceptors (Lipinski definition) is 12. The fourth-order valence-electron chi connectivity index (χ4n) is 14.8. The fourth-order valence-corrected chi connectivity index (χ4v) is 15.2. The SMILES string of the molecule is CC[C@H](C)[C@@H]1NC(=O)[C@H](CC(C)C)N(C)C(=O)C[C@@H](C(=O)N2CCCC2)N(C)C(=O)[C@H](C2CCCCC2)N(C)C(=O)C2(CCCC2)NC(=O)C2CCCN2C(=O)[C@H](CCc2ccc(C(F)(F)F)c(Cl)c2)NC(=O)CN(C)C(=O)[C@H](Cc2ccc(C)cc2)N(C)C(=O)CN(C)C(=O)CN(C)C1=O. The highest BCUT2D eigenvalue weighted by Crippen LogP contribution is 2.38. The zero-order chi connectivity index (χ0) is 74.5. The third kappa shape index (κ3) is 20.1. The van der Waals surface area contributed by atoms with Crippen molar-refractivity contribution >= 4 is 82.5 Å². The molecule has 2 aromatic rings. The van der Waals surface area contributed by atoms with E-state index in [1.54, 1.807) is 24.0 Å². The van der Waals surface area contributed by atoms with Gasteiger partial charge in [-0.1, -0.05) is 114 Å². The average molecular weight is 1440 g/mol. The molecule has 3 N–H and O–H groups in total. The van der Waals surface area contributed by atoms with Crippen LogP contribution in [0.4, 0.5) is 13.2 Å². The molecule has 5 fully saturated rings. The predicted octanol–water partition coefficient (Wildman–Crippen LogP) is 5.61. The maximum atomic E-state index is 15.8. The Bertz CT molecular complexity index is 3340. The number of likely N-dealkylation sites (tertiary alicyclic amines) is 1. The monoisotopic (exact) mass is 1430 g/mol. The first-order chi connectivity index (χ1) is 47.6. The molecule has 558 valence electrons. The van der Waals surface area contributed by atoms with Gasteiger partial charge in [0.2, 0.25) is 70.9 Å². The molecule has 24 nitrogen and oxygen atoms in total. The Morgan fingerprint density at radius 3 is 1.83 bits per heavy atom. The topological polar surface area (TPSA) is 270 Å². The Morgan fingerprint density at radius 1 is 0.624 bits per heavy atom. The largest absolute Gasteiger partial charge is 0.417 e. The van der Waals surface area contributed by atoms with E-state index in [9.17, 15) is 46.7 Å². The van der Waals surface area contributed by atoms with Crippen LogP contribution in [0.15, 0.2) is 42.5 Å². The Hall–Kier alpha value is -7.84. The summed E-state index contributed by atoms with van der Waals surface area (Å²) in [7, 11) is 9.84. The molecule has 3 heterocycles. The Kier molecular flexibility index (Phi) is 28.2. The van der Waals surface area contributed by atoms with Crippen molar-refractivity contribution < 1.29 is 70.7 Å². The molecule has 101 heavy (non-hydrogen) atoms. The number of halogens is 4. The van der Waals surface area contributed by atoms with Crippen molar-refractivity contribution in [1.82, 2.24) is 60.0 Å². The number of nitrogens with one attached hydrogen (secondary N) is 3. The van der Waals surface area contributed by atoms with E-state index < -0.39 is 173 Å². The van der Waals surface area contributed by atoms with Crippen LogP contribution in [-0.2, 0) is 76.6 Å². The predicted molar refractivity (Wildman–Crippen MR) is 373 cm³/mol. The highest BCUT2D eigenvalue weighted by Gasteiger charge is 2.51. The molecule has 2 aromatic carbocycles. The molecule has 12 amide bonds. The standard InChI is InChI=1S/C73H106ClF3N12O12/c1-13-47(5)62-69(99)83(8)43-60(92)81(6)44-61(93)85(10)56(40-49-27-25-46(4)26-28-49)67(97)82(7)42-58(90)78-53(32-30-48-29-31-51(52(74)39-48)73(75,76)77)66(96)89-37-21-24-54(89)65(95)80-72(33-17-18-34-72)71(101)87(12)63(50-22-15-14-16-23-50)70(100)86(11)57(68(98)88-35-19-20-36-88)41-59(91)84(9)55(38-45(2)3)64(94)79-62/h25-29,31,39,45,47,50,53-57,62-63H,13-24,30,32-38,40-44H2,1-12H3,(H,78,90)(H,79,94)(H,80,95)/t47-,53-,54?,55-,56-,57-,62-,63-/m0/s1. The van der Waals surface area contributed by atoms with Crippen molar-refractivity contribution in [3.8, 4) is 0 Å². The molecule has 3 saturated heterocycles. The molecule has 5 aliphatic rings. The van der Waals surface area contributed by atoms with Gasteiger partial charge in [0.1, 0.15) is 47.8 Å². The third-order valence-electron chi connectivity index (χ3n) is 21.4. The molecule has 28 heteroatoms. The van der Waals surface area contributed by atoms with Gasteiger partial charge >= 0.3 is 6.18 Å². The molecule has 3 aliphatic heterocycles. The number of aryl methyl sites for hydroxylation is 2. The zero-order valence-electron chi connectivity index (χ0n) is 60.9. The van der Waals surface area contributed by atoms with Gasteiger partial charge in [-0.25, -0.2) is 0 Å². The van der Waals surface area contributed by atoms with E-state index in [1.807, 2.05) is 39.8 Å². The van der Waals surface area contributed by atoms with Gasteiger partial charge in [-0.2, -0.15) is 13.2 Å².